The zero-order valence-electron chi connectivity index (χ0n) is 23.9. The summed E-state index contributed by atoms with van der Waals surface area (Å²) in [5.41, 5.74) is 2.62. The highest BCUT2D eigenvalue weighted by atomic mass is 16.5. The van der Waals surface area contributed by atoms with Gasteiger partial charge in [0, 0.05) is 10.8 Å². The molecule has 3 heteroatoms. The van der Waals surface area contributed by atoms with Crippen LogP contribution in [-0.2, 0) is 15.6 Å². The molecule has 2 unspecified atom stereocenters. The molecule has 0 spiro atoms. The largest absolute Gasteiger partial charge is 0.490 e. The standard InChI is InChI=1S/C34H50O3/c1-5-33(3,27-17-21-31(22-18-27)36-29-13-9-7-10-14-29)25-35-26-34(4,6-2)28-19-23-32(24-20-28)37-30-15-11-8-12-16-30/h17-24,29-30H,5-16,25-26H2,1-4H3. The lowest BCUT2D eigenvalue weighted by Gasteiger charge is -2.33. The van der Waals surface area contributed by atoms with Crippen LogP contribution in [0.2, 0.25) is 0 Å². The van der Waals surface area contributed by atoms with Crippen LogP contribution >= 0.6 is 0 Å². The van der Waals surface area contributed by atoms with Crippen molar-refractivity contribution >= 4 is 0 Å². The van der Waals surface area contributed by atoms with Crippen molar-refractivity contribution in [3.8, 4) is 11.5 Å². The molecule has 2 aliphatic rings. The summed E-state index contributed by atoms with van der Waals surface area (Å²) in [5.74, 6) is 2.01. The maximum atomic E-state index is 6.50. The molecule has 0 heterocycles. The molecule has 0 aliphatic heterocycles. The summed E-state index contributed by atoms with van der Waals surface area (Å²) in [6.45, 7) is 10.6. The summed E-state index contributed by atoms with van der Waals surface area (Å²) in [7, 11) is 0. The molecule has 2 saturated carbocycles. The summed E-state index contributed by atoms with van der Waals surface area (Å²) < 4.78 is 19.0. The van der Waals surface area contributed by atoms with E-state index in [1.165, 1.54) is 75.3 Å². The van der Waals surface area contributed by atoms with Gasteiger partial charge in [0.05, 0.1) is 25.4 Å². The second kappa shape index (κ2) is 13.2. The molecule has 0 N–H and O–H groups in total. The van der Waals surface area contributed by atoms with E-state index >= 15 is 0 Å². The number of rotatable bonds is 12. The Balaban J connectivity index is 1.32. The fourth-order valence-electron chi connectivity index (χ4n) is 5.90. The van der Waals surface area contributed by atoms with Crippen molar-refractivity contribution in [2.75, 3.05) is 13.2 Å². The van der Waals surface area contributed by atoms with E-state index in [1.54, 1.807) is 0 Å². The van der Waals surface area contributed by atoms with Crippen LogP contribution < -0.4 is 9.47 Å². The average Bonchev–Trinajstić information content (AvgIpc) is 2.94. The Morgan fingerprint density at radius 3 is 1.24 bits per heavy atom. The molecular formula is C34H50O3. The Morgan fingerprint density at radius 2 is 0.919 bits per heavy atom. The summed E-state index contributed by atoms with van der Waals surface area (Å²) in [5, 5.41) is 0. The van der Waals surface area contributed by atoms with Crippen LogP contribution in [0.5, 0.6) is 11.5 Å². The maximum Gasteiger partial charge on any atom is 0.119 e. The molecule has 2 aliphatic carbocycles. The molecule has 0 bridgehead atoms. The van der Waals surface area contributed by atoms with E-state index < -0.39 is 0 Å². The summed E-state index contributed by atoms with van der Waals surface area (Å²) in [4.78, 5) is 0. The van der Waals surface area contributed by atoms with Gasteiger partial charge in [-0.15, -0.1) is 0 Å². The van der Waals surface area contributed by atoms with E-state index in [0.29, 0.717) is 25.4 Å². The molecule has 0 amide bonds. The minimum Gasteiger partial charge on any atom is -0.490 e. The average molecular weight is 507 g/mol. The Labute approximate surface area is 226 Å². The molecule has 0 radical (unpaired) electrons. The number of ether oxygens (including phenoxy) is 3. The van der Waals surface area contributed by atoms with Crippen molar-refractivity contribution in [1.29, 1.82) is 0 Å². The topological polar surface area (TPSA) is 27.7 Å². The number of hydrogen-bond acceptors (Lipinski definition) is 3. The first-order valence-corrected chi connectivity index (χ1v) is 15.1. The van der Waals surface area contributed by atoms with E-state index in [4.69, 9.17) is 14.2 Å². The van der Waals surface area contributed by atoms with Crippen molar-refractivity contribution in [2.45, 2.75) is 128 Å². The van der Waals surface area contributed by atoms with Gasteiger partial charge in [0.25, 0.3) is 0 Å². The Kier molecular flexibility index (Phi) is 9.98. The van der Waals surface area contributed by atoms with Crippen molar-refractivity contribution in [1.82, 2.24) is 0 Å². The van der Waals surface area contributed by atoms with E-state index in [9.17, 15) is 0 Å². The van der Waals surface area contributed by atoms with Crippen LogP contribution in [0.1, 0.15) is 116 Å². The zero-order valence-corrected chi connectivity index (χ0v) is 23.9. The predicted octanol–water partition coefficient (Wildman–Crippen LogP) is 9.16. The lowest BCUT2D eigenvalue weighted by molar-refractivity contribution is 0.0510. The van der Waals surface area contributed by atoms with Crippen LogP contribution in [0.25, 0.3) is 0 Å². The van der Waals surface area contributed by atoms with Crippen molar-refractivity contribution in [3.63, 3.8) is 0 Å². The Bertz CT molecular complexity index is 847. The summed E-state index contributed by atoms with van der Waals surface area (Å²) in [6.07, 6.45) is 15.5. The van der Waals surface area contributed by atoms with E-state index in [2.05, 4.69) is 76.2 Å². The molecule has 2 fully saturated rings. The molecule has 4 rings (SSSR count). The molecule has 2 aromatic carbocycles. The zero-order chi connectivity index (χ0) is 26.1. The molecule has 0 aromatic heterocycles. The van der Waals surface area contributed by atoms with Gasteiger partial charge >= 0.3 is 0 Å². The summed E-state index contributed by atoms with van der Waals surface area (Å²) >= 11 is 0. The van der Waals surface area contributed by atoms with Gasteiger partial charge in [0.2, 0.25) is 0 Å². The van der Waals surface area contributed by atoms with E-state index in [0.717, 1.165) is 24.3 Å². The fourth-order valence-corrected chi connectivity index (χ4v) is 5.90. The highest BCUT2D eigenvalue weighted by Crippen LogP contribution is 2.34. The third-order valence-electron chi connectivity index (χ3n) is 9.21. The van der Waals surface area contributed by atoms with Gasteiger partial charge in [-0.2, -0.15) is 0 Å². The van der Waals surface area contributed by atoms with E-state index in [-0.39, 0.29) is 10.8 Å². The Hall–Kier alpha value is -2.00. The van der Waals surface area contributed by atoms with Crippen LogP contribution in [0.3, 0.4) is 0 Å². The molecule has 3 nitrogen and oxygen atoms in total. The molecule has 2 aromatic rings. The van der Waals surface area contributed by atoms with Gasteiger partial charge in [0.1, 0.15) is 11.5 Å². The van der Waals surface area contributed by atoms with Gasteiger partial charge in [-0.05, 0) is 99.6 Å². The second-order valence-corrected chi connectivity index (χ2v) is 12.1. The first-order chi connectivity index (χ1) is 17.9. The molecular weight excluding hydrogens is 456 g/mol. The monoisotopic (exact) mass is 506 g/mol. The van der Waals surface area contributed by atoms with Gasteiger partial charge in [-0.1, -0.05) is 64.8 Å². The van der Waals surface area contributed by atoms with Gasteiger partial charge in [-0.25, -0.2) is 0 Å². The van der Waals surface area contributed by atoms with Crippen LogP contribution in [0, 0.1) is 0 Å². The minimum absolute atomic E-state index is 0.0181. The van der Waals surface area contributed by atoms with Crippen LogP contribution in [0.15, 0.2) is 48.5 Å². The third-order valence-corrected chi connectivity index (χ3v) is 9.21. The maximum absolute atomic E-state index is 6.50. The van der Waals surface area contributed by atoms with Crippen molar-refractivity contribution in [3.05, 3.63) is 59.7 Å². The normalized spacial score (nSPS) is 20.6. The van der Waals surface area contributed by atoms with Gasteiger partial charge < -0.3 is 14.2 Å². The number of hydrogen-bond donors (Lipinski definition) is 0. The first kappa shape index (κ1) is 28.0. The molecule has 37 heavy (non-hydrogen) atoms. The third kappa shape index (κ3) is 7.53. The van der Waals surface area contributed by atoms with E-state index in [1.807, 2.05) is 0 Å². The Morgan fingerprint density at radius 1 is 0.568 bits per heavy atom. The van der Waals surface area contributed by atoms with Crippen molar-refractivity contribution < 1.29 is 14.2 Å². The second-order valence-electron chi connectivity index (χ2n) is 12.1. The SMILES string of the molecule is CCC(C)(COCC(C)(CC)c1ccc(OC2CCCCC2)cc1)c1ccc(OC2CCCCC2)cc1. The predicted molar refractivity (Wildman–Crippen MR) is 154 cm³/mol. The highest BCUT2D eigenvalue weighted by molar-refractivity contribution is 5.33. The highest BCUT2D eigenvalue weighted by Gasteiger charge is 2.29. The minimum atomic E-state index is -0.0181. The lowest BCUT2D eigenvalue weighted by Crippen LogP contribution is -2.33. The number of benzene rings is 2. The molecule has 204 valence electrons. The lowest BCUT2D eigenvalue weighted by atomic mass is 9.79. The van der Waals surface area contributed by atoms with Crippen molar-refractivity contribution in [2.24, 2.45) is 0 Å². The van der Waals surface area contributed by atoms with Crippen LogP contribution in [0.4, 0.5) is 0 Å². The quantitative estimate of drug-likeness (QED) is 0.287. The molecule has 2 atom stereocenters. The molecule has 0 saturated heterocycles. The first-order valence-electron chi connectivity index (χ1n) is 15.1. The smallest absolute Gasteiger partial charge is 0.119 e. The van der Waals surface area contributed by atoms with Gasteiger partial charge in [-0.3, -0.25) is 0 Å². The van der Waals surface area contributed by atoms with Crippen LogP contribution in [-0.4, -0.2) is 25.4 Å². The summed E-state index contributed by atoms with van der Waals surface area (Å²) in [6, 6.07) is 17.6. The van der Waals surface area contributed by atoms with Gasteiger partial charge in [0.15, 0.2) is 0 Å². The fraction of sp³-hybridized carbons (Fsp3) is 0.647.